The van der Waals surface area contributed by atoms with E-state index in [-0.39, 0.29) is 34.4 Å². The number of carbonyl (C=O) groups is 2. The second kappa shape index (κ2) is 12.6. The predicted molar refractivity (Wildman–Crippen MR) is 165 cm³/mol. The topological polar surface area (TPSA) is 142 Å². The summed E-state index contributed by atoms with van der Waals surface area (Å²) in [6.07, 6.45) is 0. The van der Waals surface area contributed by atoms with Crippen molar-refractivity contribution >= 4 is 44.6 Å². The summed E-state index contributed by atoms with van der Waals surface area (Å²) in [7, 11) is -4.36. The highest BCUT2D eigenvalue weighted by Crippen LogP contribution is 2.29. The Balaban J connectivity index is 1.25. The SMILES string of the molecule is Cc1cc(NC(=O)c2cccc(-c3ccc(O)cc3)c2)ccc1OCc1cccc(NS(=O)(=O)c2ccsc2C(=O)O)c1F. The van der Waals surface area contributed by atoms with Gasteiger partial charge in [-0.05, 0) is 83.6 Å². The number of phenols is 1. The van der Waals surface area contributed by atoms with Crippen LogP contribution < -0.4 is 14.8 Å². The minimum absolute atomic E-state index is 0.0688. The maximum Gasteiger partial charge on any atom is 0.347 e. The zero-order valence-electron chi connectivity index (χ0n) is 23.1. The van der Waals surface area contributed by atoms with E-state index >= 15 is 4.39 Å². The third kappa shape index (κ3) is 6.72. The summed E-state index contributed by atoms with van der Waals surface area (Å²) in [6, 6.07) is 24.0. The first-order valence-electron chi connectivity index (χ1n) is 13.1. The number of hydrogen-bond donors (Lipinski definition) is 4. The molecule has 0 aliphatic rings. The molecule has 5 aromatic rings. The summed E-state index contributed by atoms with van der Waals surface area (Å²) >= 11 is 0.750. The van der Waals surface area contributed by atoms with E-state index in [2.05, 4.69) is 10.0 Å². The molecule has 0 atom stereocenters. The number of ether oxygens (including phenoxy) is 1. The monoisotopic (exact) mass is 632 g/mol. The number of benzene rings is 4. The van der Waals surface area contributed by atoms with E-state index in [4.69, 9.17) is 4.74 Å². The van der Waals surface area contributed by atoms with Crippen LogP contribution in [-0.2, 0) is 16.6 Å². The van der Waals surface area contributed by atoms with E-state index < -0.39 is 26.7 Å². The van der Waals surface area contributed by atoms with Gasteiger partial charge in [0.25, 0.3) is 15.9 Å². The predicted octanol–water partition coefficient (Wildman–Crippen LogP) is 6.90. The number of carbonyl (C=O) groups excluding carboxylic acids is 1. The molecule has 0 spiro atoms. The molecule has 0 fully saturated rings. The van der Waals surface area contributed by atoms with Gasteiger partial charge in [0, 0.05) is 16.8 Å². The van der Waals surface area contributed by atoms with Crippen molar-refractivity contribution in [3.63, 3.8) is 0 Å². The van der Waals surface area contributed by atoms with Crippen LogP contribution in [-0.4, -0.2) is 30.5 Å². The van der Waals surface area contributed by atoms with Crippen LogP contribution in [0.5, 0.6) is 11.5 Å². The largest absolute Gasteiger partial charge is 0.508 e. The van der Waals surface area contributed by atoms with Gasteiger partial charge in [0.05, 0.1) is 5.69 Å². The van der Waals surface area contributed by atoms with Gasteiger partial charge in [0.15, 0.2) is 5.82 Å². The first-order valence-corrected chi connectivity index (χ1v) is 15.4. The van der Waals surface area contributed by atoms with Gasteiger partial charge in [-0.2, -0.15) is 0 Å². The number of phenolic OH excluding ortho intramolecular Hbond substituents is 1. The average Bonchev–Trinajstić information content (AvgIpc) is 3.51. The van der Waals surface area contributed by atoms with Crippen LogP contribution in [0, 0.1) is 12.7 Å². The Labute approximate surface area is 256 Å². The van der Waals surface area contributed by atoms with Crippen LogP contribution in [0.25, 0.3) is 11.1 Å². The lowest BCUT2D eigenvalue weighted by molar-refractivity contribution is 0.0698. The van der Waals surface area contributed by atoms with Crippen molar-refractivity contribution in [3.8, 4) is 22.6 Å². The number of thiophene rings is 1. The number of aryl methyl sites for hydroxylation is 1. The summed E-state index contributed by atoms with van der Waals surface area (Å²) < 4.78 is 48.7. The number of carboxylic acids is 1. The van der Waals surface area contributed by atoms with Crippen molar-refractivity contribution in [2.24, 2.45) is 0 Å². The second-order valence-electron chi connectivity index (χ2n) is 9.65. The first-order chi connectivity index (χ1) is 21.0. The number of sulfonamides is 1. The van der Waals surface area contributed by atoms with E-state index in [0.29, 0.717) is 22.6 Å². The lowest BCUT2D eigenvalue weighted by Crippen LogP contribution is -2.16. The zero-order chi connectivity index (χ0) is 31.4. The van der Waals surface area contributed by atoms with E-state index in [1.54, 1.807) is 67.6 Å². The van der Waals surface area contributed by atoms with E-state index in [9.17, 15) is 28.2 Å². The third-order valence-electron chi connectivity index (χ3n) is 6.58. The zero-order valence-corrected chi connectivity index (χ0v) is 24.7. The van der Waals surface area contributed by atoms with Crippen molar-refractivity contribution in [2.75, 3.05) is 10.0 Å². The molecule has 224 valence electrons. The Morgan fingerprint density at radius 2 is 1.68 bits per heavy atom. The number of rotatable bonds is 10. The van der Waals surface area contributed by atoms with Gasteiger partial charge < -0.3 is 20.3 Å². The second-order valence-corrected chi connectivity index (χ2v) is 12.2. The quantitative estimate of drug-likeness (QED) is 0.131. The Morgan fingerprint density at radius 3 is 2.41 bits per heavy atom. The molecule has 0 bridgehead atoms. The molecule has 0 aliphatic carbocycles. The van der Waals surface area contributed by atoms with Crippen molar-refractivity contribution in [1.82, 2.24) is 0 Å². The molecule has 0 saturated carbocycles. The fourth-order valence-electron chi connectivity index (χ4n) is 4.38. The lowest BCUT2D eigenvalue weighted by atomic mass is 10.0. The Hall–Kier alpha value is -5.20. The standard InChI is InChI=1S/C32H25FN2O7S2/c1-19-16-24(34-31(37)22-5-2-4-21(17-22)20-8-11-25(36)12-9-20)10-13-27(19)42-18-23-6-3-7-26(29(23)33)35-44(40,41)28-14-15-43-30(28)32(38)39/h2-17,35-36H,18H2,1H3,(H,34,37)(H,38,39). The number of halogens is 1. The molecule has 0 saturated heterocycles. The Bertz CT molecular complexity index is 1970. The van der Waals surface area contributed by atoms with Crippen molar-refractivity contribution < 1.29 is 37.3 Å². The van der Waals surface area contributed by atoms with Gasteiger partial charge in [-0.25, -0.2) is 17.6 Å². The van der Waals surface area contributed by atoms with Gasteiger partial charge in [-0.3, -0.25) is 9.52 Å². The average molecular weight is 633 g/mol. The maximum absolute atomic E-state index is 15.3. The normalized spacial score (nSPS) is 11.1. The smallest absolute Gasteiger partial charge is 0.347 e. The van der Waals surface area contributed by atoms with Crippen LogP contribution in [0.2, 0.25) is 0 Å². The van der Waals surface area contributed by atoms with Gasteiger partial charge in [-0.1, -0.05) is 36.4 Å². The number of aromatic hydroxyl groups is 1. The Kier molecular flexibility index (Phi) is 8.65. The minimum Gasteiger partial charge on any atom is -0.508 e. The fourth-order valence-corrected chi connectivity index (χ4v) is 6.70. The number of carboxylic acid groups (broad SMARTS) is 1. The highest BCUT2D eigenvalue weighted by Gasteiger charge is 2.25. The van der Waals surface area contributed by atoms with Gasteiger partial charge in [0.1, 0.15) is 27.9 Å². The molecule has 4 N–H and O–H groups in total. The highest BCUT2D eigenvalue weighted by molar-refractivity contribution is 7.93. The highest BCUT2D eigenvalue weighted by atomic mass is 32.2. The third-order valence-corrected chi connectivity index (χ3v) is 9.02. The molecule has 5 rings (SSSR count). The molecular weight excluding hydrogens is 607 g/mol. The molecular formula is C32H25FN2O7S2. The molecule has 0 radical (unpaired) electrons. The fraction of sp³-hybridized carbons (Fsp3) is 0.0625. The summed E-state index contributed by atoms with van der Waals surface area (Å²) in [5, 5.41) is 23.0. The molecule has 1 aromatic heterocycles. The molecule has 12 heteroatoms. The van der Waals surface area contributed by atoms with Crippen molar-refractivity contribution in [3.05, 3.63) is 124 Å². The molecule has 0 unspecified atom stereocenters. The van der Waals surface area contributed by atoms with Crippen LogP contribution >= 0.6 is 11.3 Å². The summed E-state index contributed by atoms with van der Waals surface area (Å²) in [6.45, 7) is 1.54. The first kappa shape index (κ1) is 30.3. The summed E-state index contributed by atoms with van der Waals surface area (Å²) in [5.41, 5.74) is 3.01. The molecule has 4 aromatic carbocycles. The van der Waals surface area contributed by atoms with Crippen LogP contribution in [0.1, 0.15) is 31.2 Å². The molecule has 1 amide bonds. The maximum atomic E-state index is 15.3. The summed E-state index contributed by atoms with van der Waals surface area (Å²) in [4.78, 5) is 23.5. The Morgan fingerprint density at radius 1 is 0.932 bits per heavy atom. The number of aromatic carboxylic acids is 1. The number of amides is 1. The van der Waals surface area contributed by atoms with E-state index in [1.165, 1.54) is 23.6 Å². The van der Waals surface area contributed by atoms with Gasteiger partial charge >= 0.3 is 5.97 Å². The molecule has 0 aliphatic heterocycles. The van der Waals surface area contributed by atoms with E-state index in [1.807, 2.05) is 6.07 Å². The number of anilines is 2. The molecule has 9 nitrogen and oxygen atoms in total. The van der Waals surface area contributed by atoms with E-state index in [0.717, 1.165) is 28.5 Å². The van der Waals surface area contributed by atoms with Gasteiger partial charge in [0.2, 0.25) is 0 Å². The van der Waals surface area contributed by atoms with Gasteiger partial charge in [-0.15, -0.1) is 11.3 Å². The lowest BCUT2D eigenvalue weighted by Gasteiger charge is -2.14. The molecule has 44 heavy (non-hydrogen) atoms. The molecule has 1 heterocycles. The minimum atomic E-state index is -4.36. The number of hydrogen-bond acceptors (Lipinski definition) is 7. The number of nitrogens with one attached hydrogen (secondary N) is 2. The van der Waals surface area contributed by atoms with Crippen LogP contribution in [0.4, 0.5) is 15.8 Å². The van der Waals surface area contributed by atoms with Crippen molar-refractivity contribution in [2.45, 2.75) is 18.4 Å². The summed E-state index contributed by atoms with van der Waals surface area (Å²) in [5.74, 6) is -2.01. The van der Waals surface area contributed by atoms with Crippen molar-refractivity contribution in [1.29, 1.82) is 0 Å². The van der Waals surface area contributed by atoms with Crippen LogP contribution in [0.15, 0.2) is 101 Å². The van der Waals surface area contributed by atoms with Crippen LogP contribution in [0.3, 0.4) is 0 Å².